The van der Waals surface area contributed by atoms with Gasteiger partial charge in [-0.1, -0.05) is 12.1 Å². The van der Waals surface area contributed by atoms with Gasteiger partial charge in [0.1, 0.15) is 5.82 Å². The van der Waals surface area contributed by atoms with Crippen LogP contribution in [0.5, 0.6) is 0 Å². The van der Waals surface area contributed by atoms with Crippen LogP contribution in [-0.4, -0.2) is 24.2 Å². The summed E-state index contributed by atoms with van der Waals surface area (Å²) in [5.74, 6) is -1.75. The third kappa shape index (κ3) is 4.56. The number of ether oxygens (including phenoxy) is 1. The molecule has 0 radical (unpaired) electrons. The molecule has 1 amide bonds. The van der Waals surface area contributed by atoms with Gasteiger partial charge in [0.15, 0.2) is 6.10 Å². The topological polar surface area (TPSA) is 55.4 Å². The number of carbonyl (C=O) groups is 2. The molecule has 0 aliphatic heterocycles. The van der Waals surface area contributed by atoms with Crippen LogP contribution < -0.4 is 5.32 Å². The van der Waals surface area contributed by atoms with Gasteiger partial charge in [-0.2, -0.15) is 0 Å². The van der Waals surface area contributed by atoms with Crippen LogP contribution in [0.1, 0.15) is 17.3 Å². The van der Waals surface area contributed by atoms with Gasteiger partial charge >= 0.3 is 5.97 Å². The first-order chi connectivity index (χ1) is 11.0. The Labute approximate surface area is 138 Å². The number of halogens is 1. The normalized spacial score (nSPS) is 11.6. The number of nitrogens with one attached hydrogen (secondary N) is 1. The van der Waals surface area contributed by atoms with E-state index in [1.807, 2.05) is 6.26 Å². The van der Waals surface area contributed by atoms with E-state index in [0.29, 0.717) is 5.56 Å². The van der Waals surface area contributed by atoms with E-state index < -0.39 is 23.8 Å². The van der Waals surface area contributed by atoms with Gasteiger partial charge < -0.3 is 10.1 Å². The number of anilines is 1. The van der Waals surface area contributed by atoms with Crippen molar-refractivity contribution < 1.29 is 18.7 Å². The number of carbonyl (C=O) groups excluding carboxylic acids is 2. The Bertz CT molecular complexity index is 703. The molecule has 0 fully saturated rings. The van der Waals surface area contributed by atoms with Gasteiger partial charge in [0.25, 0.3) is 5.91 Å². The molecular formula is C17H16FNO3S. The van der Waals surface area contributed by atoms with Gasteiger partial charge in [-0.15, -0.1) is 11.8 Å². The van der Waals surface area contributed by atoms with Gasteiger partial charge in [-0.05, 0) is 49.6 Å². The molecule has 0 saturated carbocycles. The molecule has 0 heterocycles. The summed E-state index contributed by atoms with van der Waals surface area (Å²) < 4.78 is 18.6. The van der Waals surface area contributed by atoms with Crippen LogP contribution in [0.3, 0.4) is 0 Å². The highest BCUT2D eigenvalue weighted by Gasteiger charge is 2.19. The third-order valence-corrected chi connectivity index (χ3v) is 3.85. The van der Waals surface area contributed by atoms with Crippen LogP contribution in [0.2, 0.25) is 0 Å². The molecular weight excluding hydrogens is 317 g/mol. The van der Waals surface area contributed by atoms with Gasteiger partial charge in [-0.3, -0.25) is 4.79 Å². The van der Waals surface area contributed by atoms with E-state index in [0.717, 1.165) is 4.90 Å². The number of thioether (sulfide) groups is 1. The maximum Gasteiger partial charge on any atom is 0.338 e. The van der Waals surface area contributed by atoms with Crippen LogP contribution in [0.4, 0.5) is 10.1 Å². The molecule has 0 spiro atoms. The number of para-hydroxylation sites is 1. The smallest absolute Gasteiger partial charge is 0.338 e. The molecule has 1 N–H and O–H groups in total. The molecule has 0 unspecified atom stereocenters. The molecule has 0 aromatic heterocycles. The van der Waals surface area contributed by atoms with Gasteiger partial charge in [-0.25, -0.2) is 9.18 Å². The minimum Gasteiger partial charge on any atom is -0.449 e. The molecule has 23 heavy (non-hydrogen) atoms. The molecule has 6 heteroatoms. The Morgan fingerprint density at radius 3 is 2.39 bits per heavy atom. The Kier molecular flexibility index (Phi) is 5.76. The first-order valence-corrected chi connectivity index (χ1v) is 8.14. The number of hydrogen-bond acceptors (Lipinski definition) is 4. The Balaban J connectivity index is 1.97. The average Bonchev–Trinajstić information content (AvgIpc) is 2.56. The summed E-state index contributed by atoms with van der Waals surface area (Å²) in [5, 5.41) is 2.39. The summed E-state index contributed by atoms with van der Waals surface area (Å²) >= 11 is 1.56. The van der Waals surface area contributed by atoms with Crippen molar-refractivity contribution in [2.45, 2.75) is 17.9 Å². The van der Waals surface area contributed by atoms with Crippen LogP contribution in [0, 0.1) is 5.82 Å². The second kappa shape index (κ2) is 7.78. The lowest BCUT2D eigenvalue weighted by molar-refractivity contribution is -0.123. The van der Waals surface area contributed by atoms with Crippen molar-refractivity contribution in [1.82, 2.24) is 0 Å². The Morgan fingerprint density at radius 1 is 1.13 bits per heavy atom. The molecule has 2 aromatic carbocycles. The SMILES string of the molecule is CSc1ccc(C(=O)O[C@@H](C)C(=O)Nc2ccccc2F)cc1. The van der Waals surface area contributed by atoms with Crippen LogP contribution >= 0.6 is 11.8 Å². The monoisotopic (exact) mass is 333 g/mol. The molecule has 0 aliphatic carbocycles. The first kappa shape index (κ1) is 17.0. The van der Waals surface area contributed by atoms with Gasteiger partial charge in [0.05, 0.1) is 11.3 Å². The van der Waals surface area contributed by atoms with Crippen LogP contribution in [0.15, 0.2) is 53.4 Å². The molecule has 1 atom stereocenters. The summed E-state index contributed by atoms with van der Waals surface area (Å²) in [4.78, 5) is 25.0. The zero-order valence-corrected chi connectivity index (χ0v) is 13.5. The largest absolute Gasteiger partial charge is 0.449 e. The minimum absolute atomic E-state index is 0.0460. The number of esters is 1. The highest BCUT2D eigenvalue weighted by Crippen LogP contribution is 2.16. The highest BCUT2D eigenvalue weighted by atomic mass is 32.2. The summed E-state index contributed by atoms with van der Waals surface area (Å²) in [7, 11) is 0. The molecule has 2 rings (SSSR count). The molecule has 0 bridgehead atoms. The van der Waals surface area contributed by atoms with E-state index in [1.165, 1.54) is 25.1 Å². The number of amides is 1. The van der Waals surface area contributed by atoms with Crippen molar-refractivity contribution in [2.75, 3.05) is 11.6 Å². The number of rotatable bonds is 5. The minimum atomic E-state index is -1.04. The van der Waals surface area contributed by atoms with E-state index in [1.54, 1.807) is 42.1 Å². The standard InChI is InChI=1S/C17H16FNO3S/c1-11(16(20)19-15-6-4-3-5-14(15)18)22-17(21)12-7-9-13(23-2)10-8-12/h3-11H,1-2H3,(H,19,20)/t11-/m0/s1. The molecule has 0 aliphatic rings. The maximum absolute atomic E-state index is 13.5. The van der Waals surface area contributed by atoms with Crippen molar-refractivity contribution in [3.05, 3.63) is 59.9 Å². The summed E-state index contributed by atoms with van der Waals surface area (Å²) in [6, 6.07) is 12.7. The lowest BCUT2D eigenvalue weighted by atomic mass is 10.2. The number of benzene rings is 2. The van der Waals surface area contributed by atoms with Crippen molar-refractivity contribution in [1.29, 1.82) is 0 Å². The van der Waals surface area contributed by atoms with E-state index >= 15 is 0 Å². The molecule has 120 valence electrons. The fourth-order valence-corrected chi connectivity index (χ4v) is 2.21. The van der Waals surface area contributed by atoms with Crippen molar-refractivity contribution in [3.8, 4) is 0 Å². The molecule has 4 nitrogen and oxygen atoms in total. The summed E-state index contributed by atoms with van der Waals surface area (Å²) in [6.45, 7) is 1.43. The molecule has 0 saturated heterocycles. The fourth-order valence-electron chi connectivity index (χ4n) is 1.81. The molecule has 2 aromatic rings. The summed E-state index contributed by atoms with van der Waals surface area (Å²) in [5.41, 5.74) is 0.401. The Hall–Kier alpha value is -2.34. The quantitative estimate of drug-likeness (QED) is 0.669. The van der Waals surface area contributed by atoms with Crippen molar-refractivity contribution in [2.24, 2.45) is 0 Å². The van der Waals surface area contributed by atoms with Gasteiger partial charge in [0, 0.05) is 4.90 Å². The van der Waals surface area contributed by atoms with Crippen LogP contribution in [0.25, 0.3) is 0 Å². The summed E-state index contributed by atoms with van der Waals surface area (Å²) in [6.07, 6.45) is 0.893. The zero-order valence-electron chi connectivity index (χ0n) is 12.7. The van der Waals surface area contributed by atoms with Crippen molar-refractivity contribution in [3.63, 3.8) is 0 Å². The lowest BCUT2D eigenvalue weighted by Gasteiger charge is -2.14. The average molecular weight is 333 g/mol. The van der Waals surface area contributed by atoms with E-state index in [-0.39, 0.29) is 5.69 Å². The van der Waals surface area contributed by atoms with Gasteiger partial charge in [0.2, 0.25) is 0 Å². The van der Waals surface area contributed by atoms with E-state index in [9.17, 15) is 14.0 Å². The predicted octanol–water partition coefficient (Wildman–Crippen LogP) is 3.73. The van der Waals surface area contributed by atoms with E-state index in [2.05, 4.69) is 5.32 Å². The maximum atomic E-state index is 13.5. The fraction of sp³-hybridized carbons (Fsp3) is 0.176. The highest BCUT2D eigenvalue weighted by molar-refractivity contribution is 7.98. The lowest BCUT2D eigenvalue weighted by Crippen LogP contribution is -2.30. The Morgan fingerprint density at radius 2 is 1.78 bits per heavy atom. The number of hydrogen-bond donors (Lipinski definition) is 1. The predicted molar refractivity (Wildman–Crippen MR) is 88.1 cm³/mol. The van der Waals surface area contributed by atoms with Crippen LogP contribution in [-0.2, 0) is 9.53 Å². The second-order valence-electron chi connectivity index (χ2n) is 4.75. The first-order valence-electron chi connectivity index (χ1n) is 6.91. The second-order valence-corrected chi connectivity index (χ2v) is 5.62. The van der Waals surface area contributed by atoms with Crippen molar-refractivity contribution >= 4 is 29.3 Å². The van der Waals surface area contributed by atoms with E-state index in [4.69, 9.17) is 4.74 Å². The zero-order chi connectivity index (χ0) is 16.8. The third-order valence-electron chi connectivity index (χ3n) is 3.11.